The van der Waals surface area contributed by atoms with Crippen molar-refractivity contribution in [3.63, 3.8) is 0 Å². The maximum absolute atomic E-state index is 12.1. The van der Waals surface area contributed by atoms with Crippen LogP contribution in [0.5, 0.6) is 0 Å². The zero-order valence-corrected chi connectivity index (χ0v) is 11.9. The first-order valence-electron chi connectivity index (χ1n) is 7.09. The maximum Gasteiger partial charge on any atom is 0.314 e. The number of carboxylic acids is 1. The summed E-state index contributed by atoms with van der Waals surface area (Å²) in [4.78, 5) is 12.1. The molecule has 1 aliphatic carbocycles. The summed E-state index contributed by atoms with van der Waals surface area (Å²) in [6.07, 6.45) is 5.81. The smallest absolute Gasteiger partial charge is 0.314 e. The Morgan fingerprint density at radius 1 is 1.37 bits per heavy atom. The molecule has 0 radical (unpaired) electrons. The van der Waals surface area contributed by atoms with Gasteiger partial charge in [-0.25, -0.2) is 0 Å². The lowest BCUT2D eigenvalue weighted by Gasteiger charge is -2.41. The molecule has 1 aromatic rings. The van der Waals surface area contributed by atoms with E-state index >= 15 is 0 Å². The van der Waals surface area contributed by atoms with Gasteiger partial charge in [-0.2, -0.15) is 0 Å². The molecule has 0 aliphatic heterocycles. The van der Waals surface area contributed by atoms with Gasteiger partial charge in [-0.15, -0.1) is 0 Å². The summed E-state index contributed by atoms with van der Waals surface area (Å²) < 4.78 is 0. The van der Waals surface area contributed by atoms with Gasteiger partial charge < -0.3 is 5.11 Å². The number of rotatable bonds is 4. The molecule has 19 heavy (non-hydrogen) atoms. The highest BCUT2D eigenvalue weighted by Crippen LogP contribution is 2.46. The van der Waals surface area contributed by atoms with Crippen molar-refractivity contribution < 1.29 is 9.90 Å². The molecule has 2 heteroatoms. The van der Waals surface area contributed by atoms with Crippen LogP contribution in [0.2, 0.25) is 0 Å². The van der Waals surface area contributed by atoms with Gasteiger partial charge in [-0.1, -0.05) is 63.6 Å². The summed E-state index contributed by atoms with van der Waals surface area (Å²) in [5, 5.41) is 9.92. The van der Waals surface area contributed by atoms with Crippen molar-refractivity contribution in [2.75, 3.05) is 0 Å². The minimum atomic E-state index is -0.777. The van der Waals surface area contributed by atoms with Crippen molar-refractivity contribution in [2.24, 2.45) is 11.8 Å². The van der Waals surface area contributed by atoms with E-state index in [-0.39, 0.29) is 5.92 Å². The fourth-order valence-corrected chi connectivity index (χ4v) is 3.36. The van der Waals surface area contributed by atoms with E-state index < -0.39 is 11.4 Å². The van der Waals surface area contributed by atoms with Crippen LogP contribution in [0.4, 0.5) is 0 Å². The van der Waals surface area contributed by atoms with Crippen molar-refractivity contribution in [1.29, 1.82) is 0 Å². The maximum atomic E-state index is 12.1. The number of aliphatic carboxylic acids is 1. The second kappa shape index (κ2) is 5.20. The molecular formula is C17H22O2. The molecule has 1 N–H and O–H groups in total. The zero-order valence-electron chi connectivity index (χ0n) is 11.9. The van der Waals surface area contributed by atoms with Crippen LogP contribution in [0, 0.1) is 11.8 Å². The minimum Gasteiger partial charge on any atom is -0.481 e. The fourth-order valence-electron chi connectivity index (χ4n) is 3.36. The second-order valence-corrected chi connectivity index (χ2v) is 5.49. The van der Waals surface area contributed by atoms with Gasteiger partial charge in [0.1, 0.15) is 0 Å². The topological polar surface area (TPSA) is 37.3 Å². The van der Waals surface area contributed by atoms with E-state index in [1.54, 1.807) is 0 Å². The Bertz CT molecular complexity index is 504. The predicted molar refractivity (Wildman–Crippen MR) is 78.0 cm³/mol. The lowest BCUT2D eigenvalue weighted by atomic mass is 9.60. The molecule has 0 heterocycles. The molecule has 1 aliphatic rings. The van der Waals surface area contributed by atoms with E-state index in [4.69, 9.17) is 0 Å². The molecule has 0 bridgehead atoms. The number of hydrogen-bond acceptors (Lipinski definition) is 1. The molecule has 0 amide bonds. The number of carboxylic acid groups (broad SMARTS) is 1. The lowest BCUT2D eigenvalue weighted by molar-refractivity contribution is -0.146. The van der Waals surface area contributed by atoms with Crippen LogP contribution in [-0.4, -0.2) is 11.1 Å². The molecule has 102 valence electrons. The molecule has 0 unspecified atom stereocenters. The standard InChI is InChI=1S/C17H22O2/c1-4-12(3)14-11-10-13-8-6-7-9-15(13)17(14,5-2)16(18)19/h6-12,14H,4-5H2,1-3H3,(H,18,19)/t12-,14+,17-/m0/s1. The third kappa shape index (κ3) is 1.99. The Labute approximate surface area is 115 Å². The first kappa shape index (κ1) is 13.9. The molecule has 0 saturated heterocycles. The molecular weight excluding hydrogens is 236 g/mol. The van der Waals surface area contributed by atoms with Crippen LogP contribution in [-0.2, 0) is 10.2 Å². The van der Waals surface area contributed by atoms with E-state index in [0.717, 1.165) is 17.5 Å². The molecule has 3 atom stereocenters. The average molecular weight is 258 g/mol. The van der Waals surface area contributed by atoms with Crippen LogP contribution < -0.4 is 0 Å². The van der Waals surface area contributed by atoms with E-state index in [0.29, 0.717) is 12.3 Å². The van der Waals surface area contributed by atoms with Gasteiger partial charge in [-0.3, -0.25) is 4.79 Å². The fraction of sp³-hybridized carbons (Fsp3) is 0.471. The molecule has 0 fully saturated rings. The van der Waals surface area contributed by atoms with Crippen molar-refractivity contribution in [1.82, 2.24) is 0 Å². The quantitative estimate of drug-likeness (QED) is 0.882. The third-order valence-electron chi connectivity index (χ3n) is 4.69. The van der Waals surface area contributed by atoms with Crippen LogP contribution in [0.25, 0.3) is 6.08 Å². The largest absolute Gasteiger partial charge is 0.481 e. The summed E-state index contributed by atoms with van der Waals surface area (Å²) in [5.74, 6) is -0.271. The number of carbonyl (C=O) groups is 1. The van der Waals surface area contributed by atoms with Crippen LogP contribution in [0.15, 0.2) is 30.3 Å². The van der Waals surface area contributed by atoms with Crippen LogP contribution in [0.1, 0.15) is 44.7 Å². The molecule has 1 aromatic carbocycles. The molecule has 0 aromatic heterocycles. The first-order chi connectivity index (χ1) is 9.07. The normalized spacial score (nSPS) is 26.8. The van der Waals surface area contributed by atoms with E-state index in [2.05, 4.69) is 26.0 Å². The molecule has 0 saturated carbocycles. The average Bonchev–Trinajstić information content (AvgIpc) is 2.44. The van der Waals surface area contributed by atoms with Crippen molar-refractivity contribution in [2.45, 2.75) is 39.0 Å². The van der Waals surface area contributed by atoms with E-state index in [9.17, 15) is 9.90 Å². The molecule has 0 spiro atoms. The van der Waals surface area contributed by atoms with Crippen molar-refractivity contribution >= 4 is 12.0 Å². The summed E-state index contributed by atoms with van der Waals surface area (Å²) >= 11 is 0. The Hall–Kier alpha value is -1.57. The second-order valence-electron chi connectivity index (χ2n) is 5.49. The van der Waals surface area contributed by atoms with Crippen molar-refractivity contribution in [3.05, 3.63) is 41.5 Å². The number of benzene rings is 1. The van der Waals surface area contributed by atoms with Crippen LogP contribution >= 0.6 is 0 Å². The highest BCUT2D eigenvalue weighted by Gasteiger charge is 2.48. The molecule has 2 rings (SSSR count). The Morgan fingerprint density at radius 2 is 2.05 bits per heavy atom. The number of allylic oxidation sites excluding steroid dienone is 1. The van der Waals surface area contributed by atoms with Gasteiger partial charge >= 0.3 is 5.97 Å². The Kier molecular flexibility index (Phi) is 3.79. The predicted octanol–water partition coefficient (Wildman–Crippen LogP) is 4.11. The van der Waals surface area contributed by atoms with Gasteiger partial charge in [0.2, 0.25) is 0 Å². The SMILES string of the molecule is CC[C@H](C)[C@H]1C=Cc2ccccc2[C@@]1(CC)C(=O)O. The highest BCUT2D eigenvalue weighted by atomic mass is 16.4. The van der Waals surface area contributed by atoms with Gasteiger partial charge in [0, 0.05) is 0 Å². The zero-order chi connectivity index (χ0) is 14.0. The van der Waals surface area contributed by atoms with E-state index in [1.807, 2.05) is 31.2 Å². The number of hydrogen-bond donors (Lipinski definition) is 1. The van der Waals surface area contributed by atoms with Crippen LogP contribution in [0.3, 0.4) is 0 Å². The Morgan fingerprint density at radius 3 is 2.63 bits per heavy atom. The van der Waals surface area contributed by atoms with Gasteiger partial charge in [-0.05, 0) is 29.4 Å². The number of fused-ring (bicyclic) bond motifs is 1. The lowest BCUT2D eigenvalue weighted by Crippen LogP contribution is -2.46. The third-order valence-corrected chi connectivity index (χ3v) is 4.69. The molecule has 2 nitrogen and oxygen atoms in total. The minimum absolute atomic E-state index is 0.0647. The van der Waals surface area contributed by atoms with Gasteiger partial charge in [0.25, 0.3) is 0 Å². The first-order valence-corrected chi connectivity index (χ1v) is 7.09. The summed E-state index contributed by atoms with van der Waals surface area (Å²) in [7, 11) is 0. The van der Waals surface area contributed by atoms with Gasteiger partial charge in [0.05, 0.1) is 5.41 Å². The Balaban J connectivity index is 2.65. The summed E-state index contributed by atoms with van der Waals surface area (Å²) in [6.45, 7) is 6.26. The van der Waals surface area contributed by atoms with E-state index in [1.165, 1.54) is 0 Å². The summed E-state index contributed by atoms with van der Waals surface area (Å²) in [6, 6.07) is 7.89. The van der Waals surface area contributed by atoms with Gasteiger partial charge in [0.15, 0.2) is 0 Å². The monoisotopic (exact) mass is 258 g/mol. The highest BCUT2D eigenvalue weighted by molar-refractivity contribution is 5.85. The summed E-state index contributed by atoms with van der Waals surface area (Å²) in [5.41, 5.74) is 1.24. The van der Waals surface area contributed by atoms with Crippen molar-refractivity contribution in [3.8, 4) is 0 Å².